The van der Waals surface area contributed by atoms with Crippen molar-refractivity contribution >= 4 is 11.7 Å². The first-order chi connectivity index (χ1) is 5.75. The molecule has 1 aromatic rings. The van der Waals surface area contributed by atoms with Crippen LogP contribution >= 0.6 is 0 Å². The van der Waals surface area contributed by atoms with Gasteiger partial charge in [0.1, 0.15) is 0 Å². The number of carbonyl (C=O) groups is 1. The van der Waals surface area contributed by atoms with Gasteiger partial charge < -0.3 is 11.1 Å². The van der Waals surface area contributed by atoms with Crippen molar-refractivity contribution in [3.05, 3.63) is 12.4 Å². The summed E-state index contributed by atoms with van der Waals surface area (Å²) < 4.78 is 1.85. The van der Waals surface area contributed by atoms with Crippen molar-refractivity contribution in [1.29, 1.82) is 0 Å². The third-order valence-electron chi connectivity index (χ3n) is 1.79. The molecule has 0 unspecified atom stereocenters. The predicted octanol–water partition coefficient (Wildman–Crippen LogP) is 0.709. The Labute approximate surface area is 69.5 Å². The molecule has 5 heteroatoms. The highest BCUT2D eigenvalue weighted by atomic mass is 16.2. The Balaban J connectivity index is 2.07. The summed E-state index contributed by atoms with van der Waals surface area (Å²) in [4.78, 5) is 10.4. The first-order valence-corrected chi connectivity index (χ1v) is 3.86. The normalized spacial score (nSPS) is 16.0. The van der Waals surface area contributed by atoms with E-state index >= 15 is 0 Å². The van der Waals surface area contributed by atoms with Crippen LogP contribution in [0.25, 0.3) is 0 Å². The highest BCUT2D eigenvalue weighted by Crippen LogP contribution is 2.34. The summed E-state index contributed by atoms with van der Waals surface area (Å²) in [7, 11) is 0. The van der Waals surface area contributed by atoms with E-state index in [0.717, 1.165) is 0 Å². The molecule has 0 radical (unpaired) electrons. The van der Waals surface area contributed by atoms with E-state index in [4.69, 9.17) is 5.73 Å². The van der Waals surface area contributed by atoms with E-state index in [1.165, 1.54) is 12.8 Å². The van der Waals surface area contributed by atoms with Crippen molar-refractivity contribution < 1.29 is 4.79 Å². The molecule has 0 bridgehead atoms. The van der Waals surface area contributed by atoms with Gasteiger partial charge in [-0.2, -0.15) is 5.10 Å². The van der Waals surface area contributed by atoms with Crippen molar-refractivity contribution in [1.82, 2.24) is 9.78 Å². The number of aromatic nitrogens is 2. The number of carbonyl (C=O) groups excluding carboxylic acids is 1. The maximum atomic E-state index is 10.4. The Morgan fingerprint density at radius 1 is 1.75 bits per heavy atom. The molecule has 12 heavy (non-hydrogen) atoms. The fourth-order valence-corrected chi connectivity index (χ4v) is 1.08. The van der Waals surface area contributed by atoms with E-state index < -0.39 is 6.03 Å². The van der Waals surface area contributed by atoms with Gasteiger partial charge in [-0.3, -0.25) is 4.68 Å². The number of nitrogens with zero attached hydrogens (tertiary/aromatic N) is 2. The molecule has 1 aliphatic carbocycles. The highest BCUT2D eigenvalue weighted by Gasteiger charge is 2.24. The number of urea groups is 1. The summed E-state index contributed by atoms with van der Waals surface area (Å²) in [6, 6.07) is -0.0150. The summed E-state index contributed by atoms with van der Waals surface area (Å²) in [5.41, 5.74) is 5.60. The second-order valence-corrected chi connectivity index (χ2v) is 2.93. The Kier molecular flexibility index (Phi) is 1.49. The van der Waals surface area contributed by atoms with Gasteiger partial charge in [-0.25, -0.2) is 4.79 Å². The van der Waals surface area contributed by atoms with Gasteiger partial charge in [0.2, 0.25) is 0 Å². The number of nitrogens with one attached hydrogen (secondary N) is 1. The molecule has 1 fully saturated rings. The fraction of sp³-hybridized carbons (Fsp3) is 0.429. The van der Waals surface area contributed by atoms with E-state index in [2.05, 4.69) is 10.4 Å². The smallest absolute Gasteiger partial charge is 0.316 e. The van der Waals surface area contributed by atoms with Gasteiger partial charge >= 0.3 is 6.03 Å². The molecule has 0 aromatic carbocycles. The quantitative estimate of drug-likeness (QED) is 0.679. The summed E-state index contributed by atoms with van der Waals surface area (Å²) >= 11 is 0. The van der Waals surface area contributed by atoms with Crippen molar-refractivity contribution in [2.24, 2.45) is 5.73 Å². The fourth-order valence-electron chi connectivity index (χ4n) is 1.08. The van der Waals surface area contributed by atoms with E-state index in [1.54, 1.807) is 12.4 Å². The minimum absolute atomic E-state index is 0.536. The molecule has 0 aliphatic heterocycles. The van der Waals surface area contributed by atoms with Gasteiger partial charge in [-0.05, 0) is 12.8 Å². The molecular weight excluding hydrogens is 156 g/mol. The third kappa shape index (κ3) is 1.39. The lowest BCUT2D eigenvalue weighted by Gasteiger charge is -1.95. The lowest BCUT2D eigenvalue weighted by molar-refractivity contribution is 0.259. The van der Waals surface area contributed by atoms with Crippen LogP contribution in [-0.4, -0.2) is 15.8 Å². The third-order valence-corrected chi connectivity index (χ3v) is 1.79. The Bertz CT molecular complexity index is 302. The van der Waals surface area contributed by atoms with E-state index in [9.17, 15) is 4.79 Å². The molecule has 1 aliphatic rings. The van der Waals surface area contributed by atoms with Crippen LogP contribution in [0.1, 0.15) is 18.9 Å². The molecular formula is C7H10N4O. The zero-order valence-corrected chi connectivity index (χ0v) is 6.53. The molecule has 0 saturated heterocycles. The van der Waals surface area contributed by atoms with Crippen molar-refractivity contribution in [2.45, 2.75) is 18.9 Å². The second kappa shape index (κ2) is 2.51. The molecule has 1 aromatic heterocycles. The molecule has 2 amide bonds. The van der Waals surface area contributed by atoms with Gasteiger partial charge in [-0.1, -0.05) is 0 Å². The highest BCUT2D eigenvalue weighted by molar-refractivity contribution is 5.87. The summed E-state index contributed by atoms with van der Waals surface area (Å²) in [5.74, 6) is 0. The number of primary amides is 1. The molecule has 0 spiro atoms. The average molecular weight is 166 g/mol. The molecule has 1 saturated carbocycles. The zero-order valence-electron chi connectivity index (χ0n) is 6.53. The minimum Gasteiger partial charge on any atom is -0.351 e. The molecule has 2 rings (SSSR count). The second-order valence-electron chi connectivity index (χ2n) is 2.93. The van der Waals surface area contributed by atoms with Crippen LogP contribution in [0.4, 0.5) is 10.5 Å². The average Bonchev–Trinajstić information content (AvgIpc) is 2.73. The maximum absolute atomic E-state index is 10.4. The van der Waals surface area contributed by atoms with Gasteiger partial charge in [0.15, 0.2) is 0 Å². The Morgan fingerprint density at radius 2 is 2.50 bits per heavy atom. The van der Waals surface area contributed by atoms with Crippen LogP contribution in [0.3, 0.4) is 0 Å². The predicted molar refractivity (Wildman–Crippen MR) is 43.7 cm³/mol. The number of nitrogens with two attached hydrogens (primary N) is 1. The molecule has 5 nitrogen and oxygen atoms in total. The SMILES string of the molecule is NC(=O)Nc1cnn(C2CC2)c1. The van der Waals surface area contributed by atoms with E-state index in [1.807, 2.05) is 4.68 Å². The lowest BCUT2D eigenvalue weighted by Crippen LogP contribution is -2.18. The largest absolute Gasteiger partial charge is 0.351 e. The Morgan fingerprint density at radius 3 is 3.08 bits per heavy atom. The first-order valence-electron chi connectivity index (χ1n) is 3.86. The van der Waals surface area contributed by atoms with Crippen molar-refractivity contribution in [3.63, 3.8) is 0 Å². The van der Waals surface area contributed by atoms with Gasteiger partial charge in [0, 0.05) is 6.20 Å². The molecule has 0 atom stereocenters. The number of rotatable bonds is 2. The standard InChI is InChI=1S/C7H10N4O/c8-7(12)10-5-3-9-11(4-5)6-1-2-6/h3-4,6H,1-2H2,(H3,8,10,12). The summed E-state index contributed by atoms with van der Waals surface area (Å²) in [6.45, 7) is 0. The van der Waals surface area contributed by atoms with Gasteiger partial charge in [0.25, 0.3) is 0 Å². The topological polar surface area (TPSA) is 72.9 Å². The molecule has 3 N–H and O–H groups in total. The zero-order chi connectivity index (χ0) is 8.55. The number of amides is 2. The van der Waals surface area contributed by atoms with E-state index in [-0.39, 0.29) is 0 Å². The van der Waals surface area contributed by atoms with Crippen LogP contribution in [0, 0.1) is 0 Å². The van der Waals surface area contributed by atoms with Crippen LogP contribution in [0.2, 0.25) is 0 Å². The van der Waals surface area contributed by atoms with Crippen LogP contribution in [-0.2, 0) is 0 Å². The lowest BCUT2D eigenvalue weighted by atomic mass is 10.5. The van der Waals surface area contributed by atoms with Crippen LogP contribution in [0.15, 0.2) is 12.4 Å². The molecule has 64 valence electrons. The Hall–Kier alpha value is -1.52. The number of hydrogen-bond donors (Lipinski definition) is 2. The molecule has 1 heterocycles. The first kappa shape index (κ1) is 7.15. The minimum atomic E-state index is -0.551. The number of anilines is 1. The maximum Gasteiger partial charge on any atom is 0.316 e. The van der Waals surface area contributed by atoms with Crippen molar-refractivity contribution in [2.75, 3.05) is 5.32 Å². The van der Waals surface area contributed by atoms with Crippen LogP contribution in [0.5, 0.6) is 0 Å². The van der Waals surface area contributed by atoms with E-state index in [0.29, 0.717) is 11.7 Å². The van der Waals surface area contributed by atoms with Crippen LogP contribution < -0.4 is 11.1 Å². The van der Waals surface area contributed by atoms with Gasteiger partial charge in [-0.15, -0.1) is 0 Å². The van der Waals surface area contributed by atoms with Crippen molar-refractivity contribution in [3.8, 4) is 0 Å². The monoisotopic (exact) mass is 166 g/mol. The summed E-state index contributed by atoms with van der Waals surface area (Å²) in [5, 5.41) is 6.54. The van der Waals surface area contributed by atoms with Gasteiger partial charge in [0.05, 0.1) is 17.9 Å². The summed E-state index contributed by atoms with van der Waals surface area (Å²) in [6.07, 6.45) is 5.75. The number of hydrogen-bond acceptors (Lipinski definition) is 2.